The highest BCUT2D eigenvalue weighted by Gasteiger charge is 2.48. The van der Waals surface area contributed by atoms with E-state index in [9.17, 15) is 20.1 Å². The van der Waals surface area contributed by atoms with Gasteiger partial charge in [0.2, 0.25) is 0 Å². The molecule has 1 rings (SSSR count). The Labute approximate surface area is 95.1 Å². The van der Waals surface area contributed by atoms with Crippen molar-refractivity contribution in [2.75, 3.05) is 0 Å². The molecule has 1 heterocycles. The van der Waals surface area contributed by atoms with Gasteiger partial charge in [-0.05, 0) is 0 Å². The summed E-state index contributed by atoms with van der Waals surface area (Å²) in [5, 5.41) is 63.6. The first-order valence-electron chi connectivity index (χ1n) is 4.74. The fourth-order valence-electron chi connectivity index (χ4n) is 1.49. The van der Waals surface area contributed by atoms with Gasteiger partial charge in [0.15, 0.2) is 12.4 Å². The van der Waals surface area contributed by atoms with E-state index in [1.807, 2.05) is 0 Å². The lowest BCUT2D eigenvalue weighted by Crippen LogP contribution is -2.51. The summed E-state index contributed by atoms with van der Waals surface area (Å²) in [6, 6.07) is 0. The van der Waals surface area contributed by atoms with E-state index in [2.05, 4.69) is 4.74 Å². The van der Waals surface area contributed by atoms with Gasteiger partial charge in [0.1, 0.15) is 30.5 Å². The smallest absolute Gasteiger partial charge is 0.335 e. The van der Waals surface area contributed by atoms with E-state index in [0.29, 0.717) is 0 Å². The number of rotatable bonds is 4. The highest BCUT2D eigenvalue weighted by atomic mass is 16.6. The Hall–Kier alpha value is -0.810. The molecule has 7 atom stereocenters. The standard InChI is InChI=1S/C8H14O9/c9-1(4(12)7(14)15)2(10)6-3(11)5(13)8(16)17-6/h1-6,8-13,16H,(H,14,15)/t1-,2-,3+,4?,5-,6-,8-/m1/s1. The summed E-state index contributed by atoms with van der Waals surface area (Å²) in [5.74, 6) is -1.77. The average molecular weight is 254 g/mol. The maximum absolute atomic E-state index is 10.3. The van der Waals surface area contributed by atoms with E-state index >= 15 is 0 Å². The van der Waals surface area contributed by atoms with Crippen LogP contribution in [0, 0.1) is 0 Å². The number of aliphatic carboxylic acids is 1. The van der Waals surface area contributed by atoms with Gasteiger partial charge >= 0.3 is 5.97 Å². The third-order valence-electron chi connectivity index (χ3n) is 2.54. The minimum atomic E-state index is -2.28. The van der Waals surface area contributed by atoms with E-state index in [-0.39, 0.29) is 0 Å². The SMILES string of the molecule is O=C(O)C(O)[C@H](O)[C@@H](O)[C@H]1O[C@@H](O)[C@H](O)[C@@H]1O. The normalized spacial score (nSPS) is 38.7. The quantitative estimate of drug-likeness (QED) is 0.262. The molecule has 0 aromatic heterocycles. The fourth-order valence-corrected chi connectivity index (χ4v) is 1.49. The highest BCUT2D eigenvalue weighted by Crippen LogP contribution is 2.24. The van der Waals surface area contributed by atoms with Crippen molar-refractivity contribution in [2.24, 2.45) is 0 Å². The van der Waals surface area contributed by atoms with Crippen LogP contribution in [0.2, 0.25) is 0 Å². The predicted molar refractivity (Wildman–Crippen MR) is 48.5 cm³/mol. The Morgan fingerprint density at radius 3 is 1.94 bits per heavy atom. The van der Waals surface area contributed by atoms with Crippen LogP contribution in [0.4, 0.5) is 0 Å². The Morgan fingerprint density at radius 2 is 1.59 bits per heavy atom. The van der Waals surface area contributed by atoms with Crippen molar-refractivity contribution >= 4 is 5.97 Å². The van der Waals surface area contributed by atoms with Crippen molar-refractivity contribution in [3.63, 3.8) is 0 Å². The average Bonchev–Trinajstić information content (AvgIpc) is 2.53. The molecule has 1 aliphatic heterocycles. The van der Waals surface area contributed by atoms with E-state index in [1.54, 1.807) is 0 Å². The van der Waals surface area contributed by atoms with Crippen LogP contribution in [0.25, 0.3) is 0 Å². The van der Waals surface area contributed by atoms with Crippen molar-refractivity contribution in [3.05, 3.63) is 0 Å². The van der Waals surface area contributed by atoms with Crippen molar-refractivity contribution in [2.45, 2.75) is 42.9 Å². The minimum absolute atomic E-state index is 1.61. The maximum atomic E-state index is 10.3. The van der Waals surface area contributed by atoms with Crippen LogP contribution in [-0.2, 0) is 9.53 Å². The molecule has 7 N–H and O–H groups in total. The summed E-state index contributed by atoms with van der Waals surface area (Å²) in [5.41, 5.74) is 0. The summed E-state index contributed by atoms with van der Waals surface area (Å²) < 4.78 is 4.54. The monoisotopic (exact) mass is 254 g/mol. The van der Waals surface area contributed by atoms with Crippen LogP contribution in [0.1, 0.15) is 0 Å². The van der Waals surface area contributed by atoms with Gasteiger partial charge in [-0.1, -0.05) is 0 Å². The Kier molecular flexibility index (Phi) is 4.38. The molecule has 0 saturated carbocycles. The first-order chi connectivity index (χ1) is 7.77. The molecule has 17 heavy (non-hydrogen) atoms. The Bertz CT molecular complexity index is 282. The molecule has 9 nitrogen and oxygen atoms in total. The number of aliphatic hydroxyl groups is 6. The number of carbonyl (C=O) groups is 1. The Balaban J connectivity index is 2.70. The summed E-state index contributed by atoms with van der Waals surface area (Å²) in [7, 11) is 0. The largest absolute Gasteiger partial charge is 0.479 e. The highest BCUT2D eigenvalue weighted by molar-refractivity contribution is 5.72. The van der Waals surface area contributed by atoms with Crippen molar-refractivity contribution in [1.82, 2.24) is 0 Å². The molecule has 1 fully saturated rings. The van der Waals surface area contributed by atoms with Gasteiger partial charge in [0.25, 0.3) is 0 Å². The second-order valence-electron chi connectivity index (χ2n) is 3.74. The van der Waals surface area contributed by atoms with E-state index < -0.39 is 48.9 Å². The molecule has 1 aliphatic rings. The molecule has 0 bridgehead atoms. The van der Waals surface area contributed by atoms with Crippen molar-refractivity contribution < 1.29 is 45.3 Å². The van der Waals surface area contributed by atoms with E-state index in [1.165, 1.54) is 0 Å². The number of carboxylic acid groups (broad SMARTS) is 1. The van der Waals surface area contributed by atoms with Gasteiger partial charge in [-0.3, -0.25) is 0 Å². The van der Waals surface area contributed by atoms with E-state index in [0.717, 1.165) is 0 Å². The number of aliphatic hydroxyl groups excluding tert-OH is 6. The molecule has 0 amide bonds. The van der Waals surface area contributed by atoms with Crippen LogP contribution in [0.5, 0.6) is 0 Å². The molecule has 0 spiro atoms. The van der Waals surface area contributed by atoms with E-state index in [4.69, 9.17) is 20.4 Å². The van der Waals surface area contributed by atoms with Gasteiger partial charge in [-0.2, -0.15) is 0 Å². The van der Waals surface area contributed by atoms with Crippen LogP contribution in [-0.4, -0.2) is 84.6 Å². The molecule has 9 heteroatoms. The second-order valence-corrected chi connectivity index (χ2v) is 3.74. The van der Waals surface area contributed by atoms with Crippen molar-refractivity contribution in [3.8, 4) is 0 Å². The fraction of sp³-hybridized carbons (Fsp3) is 0.875. The number of carboxylic acids is 1. The minimum Gasteiger partial charge on any atom is -0.479 e. The topological polar surface area (TPSA) is 168 Å². The molecule has 0 aliphatic carbocycles. The molecule has 0 aromatic rings. The van der Waals surface area contributed by atoms with Crippen LogP contribution >= 0.6 is 0 Å². The molecule has 1 unspecified atom stereocenters. The summed E-state index contributed by atoms with van der Waals surface area (Å²) in [6.07, 6.45) is -13.2. The third-order valence-corrected chi connectivity index (χ3v) is 2.54. The van der Waals surface area contributed by atoms with Gasteiger partial charge in [0, 0.05) is 0 Å². The molecular formula is C8H14O9. The first kappa shape index (κ1) is 14.3. The van der Waals surface area contributed by atoms with Gasteiger partial charge in [-0.25, -0.2) is 4.79 Å². The van der Waals surface area contributed by atoms with Crippen LogP contribution in [0.15, 0.2) is 0 Å². The lowest BCUT2D eigenvalue weighted by molar-refractivity contribution is -0.181. The molecule has 100 valence electrons. The summed E-state index contributed by atoms with van der Waals surface area (Å²) in [6.45, 7) is 0. The summed E-state index contributed by atoms with van der Waals surface area (Å²) >= 11 is 0. The zero-order valence-corrected chi connectivity index (χ0v) is 8.49. The number of hydrogen-bond donors (Lipinski definition) is 7. The summed E-state index contributed by atoms with van der Waals surface area (Å²) in [4.78, 5) is 10.3. The zero-order valence-electron chi connectivity index (χ0n) is 8.49. The van der Waals surface area contributed by atoms with Gasteiger partial charge in [-0.15, -0.1) is 0 Å². The lowest BCUT2D eigenvalue weighted by Gasteiger charge is -2.26. The number of ether oxygens (including phenoxy) is 1. The zero-order chi connectivity index (χ0) is 13.3. The molecule has 0 radical (unpaired) electrons. The first-order valence-corrected chi connectivity index (χ1v) is 4.74. The van der Waals surface area contributed by atoms with Gasteiger partial charge < -0.3 is 40.5 Å². The molecule has 1 saturated heterocycles. The third kappa shape index (κ3) is 2.72. The molecular weight excluding hydrogens is 240 g/mol. The Morgan fingerprint density at radius 1 is 1.06 bits per heavy atom. The lowest BCUT2D eigenvalue weighted by atomic mass is 9.98. The van der Waals surface area contributed by atoms with Crippen LogP contribution < -0.4 is 0 Å². The van der Waals surface area contributed by atoms with Crippen LogP contribution in [0.3, 0.4) is 0 Å². The number of hydrogen-bond acceptors (Lipinski definition) is 8. The predicted octanol–water partition coefficient (Wildman–Crippen LogP) is -4.41. The van der Waals surface area contributed by atoms with Gasteiger partial charge in [0.05, 0.1) is 0 Å². The second kappa shape index (κ2) is 5.23. The molecule has 0 aromatic carbocycles. The maximum Gasteiger partial charge on any atom is 0.335 e. The van der Waals surface area contributed by atoms with Crippen molar-refractivity contribution in [1.29, 1.82) is 0 Å².